The summed E-state index contributed by atoms with van der Waals surface area (Å²) in [5, 5.41) is 3.26. The van der Waals surface area contributed by atoms with Crippen LogP contribution in [0.15, 0.2) is 18.5 Å². The maximum Gasteiger partial charge on any atom is 0.141 e. The van der Waals surface area contributed by atoms with Crippen molar-refractivity contribution in [2.45, 2.75) is 6.54 Å². The van der Waals surface area contributed by atoms with Gasteiger partial charge < -0.3 is 5.32 Å². The van der Waals surface area contributed by atoms with Crippen LogP contribution in [0.4, 0.5) is 0 Å². The van der Waals surface area contributed by atoms with Crippen LogP contribution >= 0.6 is 11.8 Å². The Morgan fingerprint density at radius 2 is 2.17 bits per heavy atom. The van der Waals surface area contributed by atoms with Gasteiger partial charge in [-0.25, -0.2) is 9.97 Å². The number of thioether (sulfide) groups is 1. The van der Waals surface area contributed by atoms with Crippen molar-refractivity contribution in [3.05, 3.63) is 24.3 Å². The minimum Gasteiger partial charge on any atom is -0.309 e. The second-order valence-corrected chi connectivity index (χ2v) is 3.32. The highest BCUT2D eigenvalue weighted by atomic mass is 32.2. The van der Waals surface area contributed by atoms with Crippen LogP contribution in [0.2, 0.25) is 0 Å². The molecule has 0 aliphatic heterocycles. The Kier molecular flexibility index (Phi) is 4.71. The third-order valence-corrected chi connectivity index (χ3v) is 2.00. The number of hydrogen-bond acceptors (Lipinski definition) is 4. The first kappa shape index (κ1) is 9.48. The Morgan fingerprint density at radius 3 is 2.83 bits per heavy atom. The van der Waals surface area contributed by atoms with Gasteiger partial charge in [0.05, 0.1) is 6.54 Å². The van der Waals surface area contributed by atoms with E-state index in [1.165, 1.54) is 0 Å². The molecule has 0 aliphatic carbocycles. The lowest BCUT2D eigenvalue weighted by molar-refractivity contribution is 0.694. The highest BCUT2D eigenvalue weighted by Crippen LogP contribution is 1.89. The van der Waals surface area contributed by atoms with Crippen molar-refractivity contribution in [1.82, 2.24) is 15.3 Å². The first-order valence-corrected chi connectivity index (χ1v) is 5.28. The molecule has 0 atom stereocenters. The lowest BCUT2D eigenvalue weighted by atomic mass is 10.5. The molecule has 1 rings (SSSR count). The van der Waals surface area contributed by atoms with Crippen LogP contribution < -0.4 is 5.32 Å². The molecule has 4 heteroatoms. The molecule has 1 heterocycles. The number of nitrogens with one attached hydrogen (secondary N) is 1. The van der Waals surface area contributed by atoms with Gasteiger partial charge in [0.25, 0.3) is 0 Å². The largest absolute Gasteiger partial charge is 0.309 e. The molecule has 0 aliphatic rings. The maximum absolute atomic E-state index is 4.10. The van der Waals surface area contributed by atoms with Gasteiger partial charge in [-0.05, 0) is 12.3 Å². The zero-order chi connectivity index (χ0) is 8.65. The molecule has 12 heavy (non-hydrogen) atoms. The molecule has 1 aromatic rings. The van der Waals surface area contributed by atoms with Crippen molar-refractivity contribution < 1.29 is 0 Å². The fourth-order valence-electron chi connectivity index (χ4n) is 0.796. The first-order chi connectivity index (χ1) is 5.93. The van der Waals surface area contributed by atoms with E-state index in [0.717, 1.165) is 24.7 Å². The summed E-state index contributed by atoms with van der Waals surface area (Å²) in [6.45, 7) is 1.78. The zero-order valence-electron chi connectivity index (χ0n) is 7.16. The predicted octanol–water partition coefficient (Wildman–Crippen LogP) is 0.929. The van der Waals surface area contributed by atoms with Gasteiger partial charge in [-0.3, -0.25) is 0 Å². The average molecular weight is 183 g/mol. The summed E-state index contributed by atoms with van der Waals surface area (Å²) in [5.41, 5.74) is 0. The van der Waals surface area contributed by atoms with E-state index in [1.54, 1.807) is 12.4 Å². The Hall–Kier alpha value is -0.610. The van der Waals surface area contributed by atoms with Crippen LogP contribution in [0, 0.1) is 0 Å². The van der Waals surface area contributed by atoms with E-state index in [9.17, 15) is 0 Å². The Bertz CT molecular complexity index is 203. The second kappa shape index (κ2) is 5.97. The second-order valence-electron chi connectivity index (χ2n) is 2.33. The molecule has 0 fully saturated rings. The molecular formula is C8H13N3S. The van der Waals surface area contributed by atoms with Crippen LogP contribution in [0.3, 0.4) is 0 Å². The quantitative estimate of drug-likeness (QED) is 0.689. The van der Waals surface area contributed by atoms with E-state index in [-0.39, 0.29) is 0 Å². The zero-order valence-corrected chi connectivity index (χ0v) is 7.97. The van der Waals surface area contributed by atoms with Gasteiger partial charge >= 0.3 is 0 Å². The van der Waals surface area contributed by atoms with E-state index < -0.39 is 0 Å². The van der Waals surface area contributed by atoms with E-state index in [4.69, 9.17) is 0 Å². The number of nitrogens with zero attached hydrogens (tertiary/aromatic N) is 2. The van der Waals surface area contributed by atoms with E-state index >= 15 is 0 Å². The normalized spacial score (nSPS) is 10.1. The topological polar surface area (TPSA) is 37.8 Å². The fraction of sp³-hybridized carbons (Fsp3) is 0.500. The Balaban J connectivity index is 2.16. The van der Waals surface area contributed by atoms with Crippen molar-refractivity contribution in [3.8, 4) is 0 Å². The van der Waals surface area contributed by atoms with Crippen molar-refractivity contribution >= 4 is 11.8 Å². The molecule has 1 N–H and O–H groups in total. The van der Waals surface area contributed by atoms with E-state index in [0.29, 0.717) is 0 Å². The Morgan fingerprint density at radius 1 is 1.42 bits per heavy atom. The van der Waals surface area contributed by atoms with Gasteiger partial charge in [-0.1, -0.05) is 0 Å². The third kappa shape index (κ3) is 3.69. The molecule has 0 bridgehead atoms. The van der Waals surface area contributed by atoms with E-state index in [2.05, 4.69) is 21.5 Å². The van der Waals surface area contributed by atoms with Gasteiger partial charge in [0.2, 0.25) is 0 Å². The summed E-state index contributed by atoms with van der Waals surface area (Å²) < 4.78 is 0. The number of hydrogen-bond donors (Lipinski definition) is 1. The third-order valence-electron chi connectivity index (χ3n) is 1.39. The van der Waals surface area contributed by atoms with Crippen LogP contribution in [0.25, 0.3) is 0 Å². The van der Waals surface area contributed by atoms with E-state index in [1.807, 2.05) is 17.8 Å². The summed E-state index contributed by atoms with van der Waals surface area (Å²) in [5.74, 6) is 1.99. The number of rotatable bonds is 5. The molecule has 0 radical (unpaired) electrons. The Labute approximate surface area is 77.0 Å². The van der Waals surface area contributed by atoms with Crippen LogP contribution in [0.1, 0.15) is 5.82 Å². The summed E-state index contributed by atoms with van der Waals surface area (Å²) in [6.07, 6.45) is 5.62. The smallest absolute Gasteiger partial charge is 0.141 e. The van der Waals surface area contributed by atoms with Gasteiger partial charge in [0.15, 0.2) is 0 Å². The molecule has 0 spiro atoms. The van der Waals surface area contributed by atoms with Crippen molar-refractivity contribution in [1.29, 1.82) is 0 Å². The molecule has 0 saturated heterocycles. The standard InChI is InChI=1S/C8H13N3S/c1-12-6-5-9-7-8-10-3-2-4-11-8/h2-4,9H,5-7H2,1H3. The summed E-state index contributed by atoms with van der Waals surface area (Å²) in [7, 11) is 0. The lowest BCUT2D eigenvalue weighted by Gasteiger charge is -2.00. The van der Waals surface area contributed by atoms with Crippen LogP contribution in [0.5, 0.6) is 0 Å². The average Bonchev–Trinajstić information content (AvgIpc) is 2.14. The first-order valence-electron chi connectivity index (χ1n) is 3.89. The molecule has 66 valence electrons. The molecule has 0 aromatic carbocycles. The predicted molar refractivity (Wildman–Crippen MR) is 52.1 cm³/mol. The van der Waals surface area contributed by atoms with Gasteiger partial charge in [0, 0.05) is 24.7 Å². The van der Waals surface area contributed by atoms with Crippen LogP contribution in [-0.4, -0.2) is 28.5 Å². The minimum absolute atomic E-state index is 0.765. The number of aromatic nitrogens is 2. The highest BCUT2D eigenvalue weighted by Gasteiger charge is 1.91. The summed E-state index contributed by atoms with van der Waals surface area (Å²) in [6, 6.07) is 1.82. The molecule has 1 aromatic heterocycles. The fourth-order valence-corrected chi connectivity index (χ4v) is 1.14. The SMILES string of the molecule is CSCCNCc1ncccn1. The van der Waals surface area contributed by atoms with Gasteiger partial charge in [-0.15, -0.1) is 0 Å². The van der Waals surface area contributed by atoms with Crippen molar-refractivity contribution in [3.63, 3.8) is 0 Å². The molecule has 0 amide bonds. The highest BCUT2D eigenvalue weighted by molar-refractivity contribution is 7.98. The molecule has 3 nitrogen and oxygen atoms in total. The van der Waals surface area contributed by atoms with Crippen LogP contribution in [-0.2, 0) is 6.54 Å². The monoisotopic (exact) mass is 183 g/mol. The summed E-state index contributed by atoms with van der Waals surface area (Å²) >= 11 is 1.83. The van der Waals surface area contributed by atoms with Crippen molar-refractivity contribution in [2.75, 3.05) is 18.6 Å². The maximum atomic E-state index is 4.10. The minimum atomic E-state index is 0.765. The lowest BCUT2D eigenvalue weighted by Crippen LogP contribution is -2.17. The summed E-state index contributed by atoms with van der Waals surface area (Å²) in [4.78, 5) is 8.19. The van der Waals surface area contributed by atoms with Gasteiger partial charge in [0.1, 0.15) is 5.82 Å². The molecule has 0 unspecified atom stereocenters. The van der Waals surface area contributed by atoms with Gasteiger partial charge in [-0.2, -0.15) is 11.8 Å². The molecular weight excluding hydrogens is 170 g/mol. The molecule has 0 saturated carbocycles. The van der Waals surface area contributed by atoms with Crippen molar-refractivity contribution in [2.24, 2.45) is 0 Å².